The van der Waals surface area contributed by atoms with Gasteiger partial charge in [0.15, 0.2) is 0 Å². The van der Waals surface area contributed by atoms with E-state index in [1.807, 2.05) is 4.98 Å². The van der Waals surface area contributed by atoms with Crippen LogP contribution in [0.2, 0.25) is 0 Å². The molecule has 0 atom stereocenters. The molecule has 0 radical (unpaired) electrons. The first-order valence-corrected chi connectivity index (χ1v) is 7.18. The maximum Gasteiger partial charge on any atom is 0.326 e. The monoisotopic (exact) mass is 303 g/mol. The SMILES string of the molecule is NS(=O)(=O)N1CCN(C(=O)c2cc(=O)[nH]c(=O)[nH]2)CC1. The highest BCUT2D eigenvalue weighted by Crippen LogP contribution is 2.07. The van der Waals surface area contributed by atoms with Crippen molar-refractivity contribution in [1.29, 1.82) is 0 Å². The van der Waals surface area contributed by atoms with Crippen molar-refractivity contribution < 1.29 is 13.2 Å². The van der Waals surface area contributed by atoms with Crippen LogP contribution in [0.5, 0.6) is 0 Å². The Kier molecular flexibility index (Phi) is 3.74. The molecule has 0 aliphatic carbocycles. The minimum atomic E-state index is -3.77. The molecule has 2 heterocycles. The van der Waals surface area contributed by atoms with Crippen LogP contribution in [-0.2, 0) is 10.2 Å². The first-order valence-electron chi connectivity index (χ1n) is 5.68. The van der Waals surface area contributed by atoms with Gasteiger partial charge in [0.05, 0.1) is 0 Å². The number of nitrogens with two attached hydrogens (primary N) is 1. The van der Waals surface area contributed by atoms with Gasteiger partial charge in [-0.1, -0.05) is 0 Å². The van der Waals surface area contributed by atoms with E-state index < -0.39 is 27.4 Å². The number of hydrogen-bond donors (Lipinski definition) is 3. The molecule has 1 fully saturated rings. The molecule has 0 saturated carbocycles. The second-order valence-corrected chi connectivity index (χ2v) is 5.78. The van der Waals surface area contributed by atoms with Crippen LogP contribution >= 0.6 is 0 Å². The van der Waals surface area contributed by atoms with Crippen molar-refractivity contribution in [2.75, 3.05) is 26.2 Å². The van der Waals surface area contributed by atoms with Crippen molar-refractivity contribution >= 4 is 16.1 Å². The molecule has 10 nitrogen and oxygen atoms in total. The average molecular weight is 303 g/mol. The molecular formula is C9H13N5O5S. The van der Waals surface area contributed by atoms with E-state index in [2.05, 4.69) is 4.98 Å². The van der Waals surface area contributed by atoms with Crippen LogP contribution in [0.1, 0.15) is 10.5 Å². The number of nitrogens with zero attached hydrogens (tertiary/aromatic N) is 2. The largest absolute Gasteiger partial charge is 0.335 e. The van der Waals surface area contributed by atoms with Gasteiger partial charge in [0, 0.05) is 32.2 Å². The summed E-state index contributed by atoms with van der Waals surface area (Å²) in [6.45, 7) is 0.393. The molecule has 4 N–H and O–H groups in total. The fourth-order valence-electron chi connectivity index (χ4n) is 1.90. The van der Waals surface area contributed by atoms with Crippen LogP contribution in [0.3, 0.4) is 0 Å². The fraction of sp³-hybridized carbons (Fsp3) is 0.444. The van der Waals surface area contributed by atoms with Crippen LogP contribution in [0.15, 0.2) is 15.7 Å². The molecule has 0 unspecified atom stereocenters. The minimum Gasteiger partial charge on any atom is -0.335 e. The zero-order chi connectivity index (χ0) is 14.9. The van der Waals surface area contributed by atoms with E-state index in [1.165, 1.54) is 4.90 Å². The number of piperazine rings is 1. The van der Waals surface area contributed by atoms with E-state index in [1.54, 1.807) is 0 Å². The van der Waals surface area contributed by atoms with E-state index >= 15 is 0 Å². The quantitative estimate of drug-likeness (QED) is 0.533. The lowest BCUT2D eigenvalue weighted by Gasteiger charge is -2.32. The van der Waals surface area contributed by atoms with Crippen LogP contribution < -0.4 is 16.4 Å². The summed E-state index contributed by atoms with van der Waals surface area (Å²) in [5.74, 6) is -0.540. The number of aromatic nitrogens is 2. The summed E-state index contributed by atoms with van der Waals surface area (Å²) in [6, 6.07) is 0.982. The molecule has 11 heteroatoms. The molecule has 1 amide bonds. The van der Waals surface area contributed by atoms with Gasteiger partial charge in [-0.3, -0.25) is 14.6 Å². The summed E-state index contributed by atoms with van der Waals surface area (Å²) in [5.41, 5.74) is -1.59. The summed E-state index contributed by atoms with van der Waals surface area (Å²) in [6.07, 6.45) is 0. The lowest BCUT2D eigenvalue weighted by Crippen LogP contribution is -2.52. The van der Waals surface area contributed by atoms with E-state index in [4.69, 9.17) is 5.14 Å². The van der Waals surface area contributed by atoms with Crippen molar-refractivity contribution in [3.63, 3.8) is 0 Å². The normalized spacial score (nSPS) is 17.1. The molecule has 1 aromatic heterocycles. The van der Waals surface area contributed by atoms with E-state index in [0.717, 1.165) is 10.4 Å². The van der Waals surface area contributed by atoms with Crippen LogP contribution in [-0.4, -0.2) is 59.7 Å². The maximum absolute atomic E-state index is 12.1. The summed E-state index contributed by atoms with van der Waals surface area (Å²) in [5, 5.41) is 4.98. The number of amides is 1. The van der Waals surface area contributed by atoms with Gasteiger partial charge in [0.2, 0.25) is 0 Å². The van der Waals surface area contributed by atoms with Crippen molar-refractivity contribution in [3.8, 4) is 0 Å². The zero-order valence-electron chi connectivity index (χ0n) is 10.3. The van der Waals surface area contributed by atoms with Crippen molar-refractivity contribution in [1.82, 2.24) is 19.2 Å². The van der Waals surface area contributed by atoms with Gasteiger partial charge >= 0.3 is 5.69 Å². The van der Waals surface area contributed by atoms with E-state index in [0.29, 0.717) is 0 Å². The number of carbonyl (C=O) groups is 1. The molecule has 1 aromatic rings. The van der Waals surface area contributed by atoms with E-state index in [-0.39, 0.29) is 31.9 Å². The van der Waals surface area contributed by atoms with Crippen LogP contribution in [0.25, 0.3) is 0 Å². The standard InChI is InChI=1S/C9H13N5O5S/c10-20(18,19)14-3-1-13(2-4-14)8(16)6-5-7(15)12-9(17)11-6/h5H,1-4H2,(H2,10,18,19)(H2,11,12,15,17). The Morgan fingerprint density at radius 3 is 2.25 bits per heavy atom. The average Bonchev–Trinajstić information content (AvgIpc) is 2.36. The van der Waals surface area contributed by atoms with Gasteiger partial charge in [-0.15, -0.1) is 0 Å². The lowest BCUT2D eigenvalue weighted by atomic mass is 10.3. The van der Waals surface area contributed by atoms with Gasteiger partial charge in [0.25, 0.3) is 21.7 Å². The fourth-order valence-corrected chi connectivity index (χ4v) is 2.57. The third-order valence-electron chi connectivity index (χ3n) is 2.88. The number of carbonyl (C=O) groups excluding carboxylic acids is 1. The topological polar surface area (TPSA) is 149 Å². The number of hydrogen-bond acceptors (Lipinski definition) is 5. The molecule has 0 aromatic carbocycles. The Hall–Kier alpha value is -1.98. The molecular weight excluding hydrogens is 290 g/mol. The van der Waals surface area contributed by atoms with Crippen molar-refractivity contribution in [2.24, 2.45) is 5.14 Å². The number of H-pyrrole nitrogens is 2. The predicted molar refractivity (Wildman–Crippen MR) is 68.3 cm³/mol. The highest BCUT2D eigenvalue weighted by Gasteiger charge is 2.27. The van der Waals surface area contributed by atoms with Crippen molar-refractivity contribution in [2.45, 2.75) is 0 Å². The highest BCUT2D eigenvalue weighted by molar-refractivity contribution is 7.86. The summed E-state index contributed by atoms with van der Waals surface area (Å²) >= 11 is 0. The predicted octanol–water partition coefficient (Wildman–Crippen LogP) is -2.98. The molecule has 0 spiro atoms. The van der Waals surface area contributed by atoms with Gasteiger partial charge in [-0.05, 0) is 0 Å². The lowest BCUT2D eigenvalue weighted by molar-refractivity contribution is 0.0691. The first kappa shape index (κ1) is 14.4. The first-order chi connectivity index (χ1) is 9.27. The second kappa shape index (κ2) is 5.19. The Morgan fingerprint density at radius 1 is 1.15 bits per heavy atom. The summed E-state index contributed by atoms with van der Waals surface area (Å²) in [4.78, 5) is 39.8. The van der Waals surface area contributed by atoms with Gasteiger partial charge in [0.1, 0.15) is 5.69 Å². The van der Waals surface area contributed by atoms with Crippen LogP contribution in [0, 0.1) is 0 Å². The third-order valence-corrected chi connectivity index (χ3v) is 3.96. The van der Waals surface area contributed by atoms with Crippen molar-refractivity contribution in [3.05, 3.63) is 32.6 Å². The third kappa shape index (κ3) is 3.12. The van der Waals surface area contributed by atoms with Gasteiger partial charge in [-0.25, -0.2) is 9.93 Å². The Labute approximate surface area is 113 Å². The van der Waals surface area contributed by atoms with E-state index in [9.17, 15) is 22.8 Å². The zero-order valence-corrected chi connectivity index (χ0v) is 11.1. The number of rotatable bonds is 2. The molecule has 1 aliphatic heterocycles. The smallest absolute Gasteiger partial charge is 0.326 e. The number of nitrogens with one attached hydrogen (secondary N) is 2. The Balaban J connectivity index is 2.13. The second-order valence-electron chi connectivity index (χ2n) is 4.24. The minimum absolute atomic E-state index is 0.0675. The van der Waals surface area contributed by atoms with Crippen LogP contribution in [0.4, 0.5) is 0 Å². The molecule has 0 bridgehead atoms. The highest BCUT2D eigenvalue weighted by atomic mass is 32.2. The molecule has 1 aliphatic rings. The summed E-state index contributed by atoms with van der Waals surface area (Å²) < 4.78 is 23.3. The maximum atomic E-state index is 12.1. The number of aromatic amines is 2. The Morgan fingerprint density at radius 2 is 1.75 bits per heavy atom. The Bertz CT molecular complexity index is 699. The molecule has 110 valence electrons. The molecule has 2 rings (SSSR count). The van der Waals surface area contributed by atoms with Gasteiger partial charge < -0.3 is 9.88 Å². The molecule has 1 saturated heterocycles. The molecule has 20 heavy (non-hydrogen) atoms. The van der Waals surface area contributed by atoms with Gasteiger partial charge in [-0.2, -0.15) is 12.7 Å². The summed E-state index contributed by atoms with van der Waals surface area (Å²) in [7, 11) is -3.77.